The molecule has 0 unspecified atom stereocenters. The molecule has 0 atom stereocenters. The van der Waals surface area contributed by atoms with Crippen LogP contribution in [0.1, 0.15) is 86.5 Å². The van der Waals surface area contributed by atoms with E-state index in [0.29, 0.717) is 0 Å². The maximum Gasteiger partial charge on any atom is 0.533 e. The lowest BCUT2D eigenvalue weighted by atomic mass is 10.1. The molecule has 0 aromatic rings. The van der Waals surface area contributed by atoms with E-state index in [0.717, 1.165) is 12.8 Å². The van der Waals surface area contributed by atoms with Crippen LogP contribution in [0.5, 0.6) is 0 Å². The molecular weight excluding hydrogens is 292 g/mol. The SMILES string of the molecule is CC(C)O[Si](OC(C)C)(OC(C)C)/C1=C/CCCCCCC1. The molecule has 0 aliphatic heterocycles. The maximum atomic E-state index is 6.36. The molecule has 3 nitrogen and oxygen atoms in total. The first-order valence-corrected chi connectivity index (χ1v) is 10.8. The fraction of sp³-hybridized carbons (Fsp3) is 0.889. The third-order valence-corrected chi connectivity index (χ3v) is 7.19. The Bertz CT molecular complexity index is 311. The van der Waals surface area contributed by atoms with Gasteiger partial charge in [0.25, 0.3) is 0 Å². The second-order valence-electron chi connectivity index (χ2n) is 7.09. The molecule has 0 bridgehead atoms. The lowest BCUT2D eigenvalue weighted by Gasteiger charge is -2.36. The lowest BCUT2D eigenvalue weighted by Crippen LogP contribution is -2.52. The number of allylic oxidation sites excluding steroid dienone is 2. The smallest absolute Gasteiger partial charge is 0.368 e. The minimum atomic E-state index is -2.80. The van der Waals surface area contributed by atoms with Crippen LogP contribution in [-0.2, 0) is 13.3 Å². The summed E-state index contributed by atoms with van der Waals surface area (Å²) < 4.78 is 19.1. The Hall–Kier alpha value is -0.163. The Morgan fingerprint density at radius 3 is 1.68 bits per heavy atom. The molecule has 0 heterocycles. The van der Waals surface area contributed by atoms with E-state index in [4.69, 9.17) is 13.3 Å². The first-order valence-electron chi connectivity index (χ1n) is 9.08. The zero-order valence-electron chi connectivity index (χ0n) is 15.5. The zero-order chi connectivity index (χ0) is 16.6. The van der Waals surface area contributed by atoms with Crippen LogP contribution in [0.3, 0.4) is 0 Å². The van der Waals surface area contributed by atoms with Crippen LogP contribution >= 0.6 is 0 Å². The number of rotatable bonds is 7. The summed E-state index contributed by atoms with van der Waals surface area (Å²) in [7, 11) is -2.80. The van der Waals surface area contributed by atoms with Gasteiger partial charge in [-0.1, -0.05) is 25.3 Å². The maximum absolute atomic E-state index is 6.36. The van der Waals surface area contributed by atoms with E-state index < -0.39 is 8.80 Å². The van der Waals surface area contributed by atoms with Gasteiger partial charge in [0.05, 0.1) is 0 Å². The van der Waals surface area contributed by atoms with Crippen molar-refractivity contribution in [2.75, 3.05) is 0 Å². The van der Waals surface area contributed by atoms with Gasteiger partial charge in [0.1, 0.15) is 0 Å². The third kappa shape index (κ3) is 6.94. The molecule has 0 aromatic carbocycles. The number of hydrogen-bond donors (Lipinski definition) is 0. The predicted octanol–water partition coefficient (Wildman–Crippen LogP) is 5.41. The van der Waals surface area contributed by atoms with Crippen molar-refractivity contribution in [2.45, 2.75) is 105 Å². The summed E-state index contributed by atoms with van der Waals surface area (Å²) in [6.07, 6.45) is 11.3. The molecular formula is C18H36O3Si. The normalized spacial score (nSPS) is 20.7. The van der Waals surface area contributed by atoms with Crippen LogP contribution < -0.4 is 0 Å². The third-order valence-electron chi connectivity index (χ3n) is 3.61. The molecule has 0 spiro atoms. The quantitative estimate of drug-likeness (QED) is 0.585. The van der Waals surface area contributed by atoms with Gasteiger partial charge in [-0.15, -0.1) is 0 Å². The largest absolute Gasteiger partial charge is 0.533 e. The van der Waals surface area contributed by atoms with Gasteiger partial charge in [-0.05, 0) is 72.4 Å². The van der Waals surface area contributed by atoms with Gasteiger partial charge in [-0.3, -0.25) is 0 Å². The zero-order valence-corrected chi connectivity index (χ0v) is 16.5. The van der Waals surface area contributed by atoms with E-state index in [1.54, 1.807) is 0 Å². The molecule has 22 heavy (non-hydrogen) atoms. The van der Waals surface area contributed by atoms with Crippen molar-refractivity contribution in [3.63, 3.8) is 0 Å². The molecule has 0 saturated heterocycles. The Morgan fingerprint density at radius 1 is 0.727 bits per heavy atom. The van der Waals surface area contributed by atoms with Crippen LogP contribution in [0.25, 0.3) is 0 Å². The first-order chi connectivity index (χ1) is 10.4. The summed E-state index contributed by atoms with van der Waals surface area (Å²) in [4.78, 5) is 0. The van der Waals surface area contributed by atoms with E-state index in [-0.39, 0.29) is 18.3 Å². The second kappa shape index (κ2) is 9.86. The van der Waals surface area contributed by atoms with Crippen LogP contribution in [0.4, 0.5) is 0 Å². The molecule has 0 saturated carbocycles. The molecule has 0 amide bonds. The van der Waals surface area contributed by atoms with Crippen molar-refractivity contribution in [2.24, 2.45) is 0 Å². The monoisotopic (exact) mass is 328 g/mol. The summed E-state index contributed by atoms with van der Waals surface area (Å²) in [5.74, 6) is 0. The summed E-state index contributed by atoms with van der Waals surface area (Å²) in [5.41, 5.74) is 0. The molecule has 1 aliphatic rings. The van der Waals surface area contributed by atoms with E-state index in [9.17, 15) is 0 Å². The van der Waals surface area contributed by atoms with Crippen molar-refractivity contribution in [3.8, 4) is 0 Å². The molecule has 0 radical (unpaired) electrons. The predicted molar refractivity (Wildman–Crippen MR) is 94.8 cm³/mol. The minimum absolute atomic E-state index is 0.109. The van der Waals surface area contributed by atoms with E-state index in [1.807, 2.05) is 0 Å². The molecule has 0 fully saturated rings. The minimum Gasteiger partial charge on any atom is -0.368 e. The van der Waals surface area contributed by atoms with E-state index in [1.165, 1.54) is 37.3 Å². The van der Waals surface area contributed by atoms with Crippen molar-refractivity contribution in [1.29, 1.82) is 0 Å². The van der Waals surface area contributed by atoms with Crippen LogP contribution in [0.15, 0.2) is 11.3 Å². The van der Waals surface area contributed by atoms with E-state index >= 15 is 0 Å². The van der Waals surface area contributed by atoms with Gasteiger partial charge in [0, 0.05) is 18.3 Å². The van der Waals surface area contributed by atoms with Gasteiger partial charge in [-0.25, -0.2) is 0 Å². The average Bonchev–Trinajstić information content (AvgIpc) is 2.49. The Labute approximate surface area is 138 Å². The summed E-state index contributed by atoms with van der Waals surface area (Å²) in [6.45, 7) is 12.4. The first kappa shape index (κ1) is 19.9. The van der Waals surface area contributed by atoms with Gasteiger partial charge >= 0.3 is 8.80 Å². The van der Waals surface area contributed by atoms with E-state index in [2.05, 4.69) is 47.6 Å². The standard InChI is InChI=1S/C18H36O3Si/c1-15(2)19-22(20-16(3)4,21-17(5)6)18-13-11-9-7-8-10-12-14-18/h13,15-17H,7-12,14H2,1-6H3/b18-13+. The van der Waals surface area contributed by atoms with Crippen molar-refractivity contribution in [1.82, 2.24) is 0 Å². The molecule has 0 N–H and O–H groups in total. The summed E-state index contributed by atoms with van der Waals surface area (Å²) in [5, 5.41) is 1.31. The van der Waals surface area contributed by atoms with Gasteiger partial charge in [0.15, 0.2) is 0 Å². The van der Waals surface area contributed by atoms with Crippen molar-refractivity contribution < 1.29 is 13.3 Å². The molecule has 0 aromatic heterocycles. The summed E-state index contributed by atoms with van der Waals surface area (Å²) in [6, 6.07) is 0. The topological polar surface area (TPSA) is 27.7 Å². The van der Waals surface area contributed by atoms with Crippen LogP contribution in [0.2, 0.25) is 0 Å². The Balaban J connectivity index is 3.10. The van der Waals surface area contributed by atoms with Gasteiger partial charge in [-0.2, -0.15) is 0 Å². The van der Waals surface area contributed by atoms with Crippen LogP contribution in [0, 0.1) is 0 Å². The Morgan fingerprint density at radius 2 is 1.18 bits per heavy atom. The van der Waals surface area contributed by atoms with Crippen molar-refractivity contribution in [3.05, 3.63) is 11.3 Å². The second-order valence-corrected chi connectivity index (χ2v) is 9.55. The highest BCUT2D eigenvalue weighted by Crippen LogP contribution is 2.31. The highest BCUT2D eigenvalue weighted by Gasteiger charge is 2.47. The molecule has 1 rings (SSSR count). The Kier molecular flexibility index (Phi) is 8.91. The summed E-state index contributed by atoms with van der Waals surface area (Å²) >= 11 is 0. The fourth-order valence-electron chi connectivity index (χ4n) is 2.89. The average molecular weight is 329 g/mol. The number of hydrogen-bond acceptors (Lipinski definition) is 3. The fourth-order valence-corrected chi connectivity index (χ4v) is 6.25. The van der Waals surface area contributed by atoms with Crippen molar-refractivity contribution >= 4 is 8.80 Å². The van der Waals surface area contributed by atoms with Gasteiger partial charge in [0.2, 0.25) is 0 Å². The highest BCUT2D eigenvalue weighted by atomic mass is 28.4. The molecule has 4 heteroatoms. The highest BCUT2D eigenvalue weighted by molar-refractivity contribution is 6.69. The molecule has 130 valence electrons. The molecule has 1 aliphatic carbocycles. The lowest BCUT2D eigenvalue weighted by molar-refractivity contribution is 0.0102. The van der Waals surface area contributed by atoms with Crippen LogP contribution in [-0.4, -0.2) is 27.1 Å². The van der Waals surface area contributed by atoms with Gasteiger partial charge < -0.3 is 13.3 Å².